The van der Waals surface area contributed by atoms with Crippen LogP contribution in [0.5, 0.6) is 5.75 Å². The number of carbonyl (C=O) groups excluding carboxylic acids is 1. The first-order valence-electron chi connectivity index (χ1n) is 9.64. The van der Waals surface area contributed by atoms with Crippen LogP contribution in [0.15, 0.2) is 65.7 Å². The molecule has 0 radical (unpaired) electrons. The lowest BCUT2D eigenvalue weighted by molar-refractivity contribution is -0.139. The van der Waals surface area contributed by atoms with Crippen LogP contribution in [-0.4, -0.2) is 33.6 Å². The zero-order valence-corrected chi connectivity index (χ0v) is 18.1. The summed E-state index contributed by atoms with van der Waals surface area (Å²) in [6, 6.07) is 14.2. The highest BCUT2D eigenvalue weighted by Gasteiger charge is 2.26. The van der Waals surface area contributed by atoms with Gasteiger partial charge in [-0.1, -0.05) is 42.5 Å². The highest BCUT2D eigenvalue weighted by atomic mass is 32.1. The molecule has 0 spiro atoms. The summed E-state index contributed by atoms with van der Waals surface area (Å²) in [7, 11) is 1.51. The van der Waals surface area contributed by atoms with Crippen molar-refractivity contribution < 1.29 is 19.4 Å². The number of benzene rings is 2. The fourth-order valence-electron chi connectivity index (χ4n) is 3.52. The van der Waals surface area contributed by atoms with Crippen LogP contribution in [0.3, 0.4) is 0 Å². The average molecular weight is 449 g/mol. The summed E-state index contributed by atoms with van der Waals surface area (Å²) in [6.07, 6.45) is 1.22. The predicted octanol–water partition coefficient (Wildman–Crippen LogP) is 3.70. The first kappa shape index (κ1) is 21.3. The second-order valence-electron chi connectivity index (χ2n) is 7.00. The smallest absolute Gasteiger partial charge is 0.331 e. The largest absolute Gasteiger partial charge is 0.495 e. The number of nitrogens with zero attached hydrogens (tertiary/aromatic N) is 2. The Labute approximate surface area is 186 Å². The van der Waals surface area contributed by atoms with Crippen LogP contribution in [0.4, 0.5) is 5.69 Å². The molecule has 2 aromatic carbocycles. The summed E-state index contributed by atoms with van der Waals surface area (Å²) in [4.78, 5) is 43.2. The van der Waals surface area contributed by atoms with Gasteiger partial charge in [0.15, 0.2) is 6.04 Å². The number of aromatic nitrogens is 2. The van der Waals surface area contributed by atoms with E-state index in [4.69, 9.17) is 4.74 Å². The van der Waals surface area contributed by atoms with Crippen molar-refractivity contribution in [3.63, 3.8) is 0 Å². The average Bonchev–Trinajstić information content (AvgIpc) is 3.13. The Morgan fingerprint density at radius 2 is 1.81 bits per heavy atom. The van der Waals surface area contributed by atoms with E-state index in [-0.39, 0.29) is 5.39 Å². The second-order valence-corrected chi connectivity index (χ2v) is 8.00. The van der Waals surface area contributed by atoms with Crippen LogP contribution in [0.2, 0.25) is 0 Å². The lowest BCUT2D eigenvalue weighted by Gasteiger charge is -2.15. The van der Waals surface area contributed by atoms with Gasteiger partial charge in [0.05, 0.1) is 23.1 Å². The van der Waals surface area contributed by atoms with Crippen LogP contribution in [-0.2, 0) is 4.79 Å². The van der Waals surface area contributed by atoms with Gasteiger partial charge < -0.3 is 15.2 Å². The second kappa shape index (κ2) is 8.64. The number of nitrogens with one attached hydrogen (secondary N) is 1. The van der Waals surface area contributed by atoms with E-state index < -0.39 is 23.5 Å². The van der Waals surface area contributed by atoms with Crippen molar-refractivity contribution in [1.29, 1.82) is 0 Å². The lowest BCUT2D eigenvalue weighted by atomic mass is 10.1. The number of fused-ring (bicyclic) bond motifs is 1. The van der Waals surface area contributed by atoms with E-state index in [9.17, 15) is 19.5 Å². The zero-order valence-electron chi connectivity index (χ0n) is 17.2. The van der Waals surface area contributed by atoms with E-state index >= 15 is 0 Å². The van der Waals surface area contributed by atoms with Crippen molar-refractivity contribution in [3.8, 4) is 5.75 Å². The molecular weight excluding hydrogens is 430 g/mol. The number of anilines is 1. The Kier molecular flexibility index (Phi) is 5.74. The minimum absolute atomic E-state index is 0.227. The number of thiophene rings is 1. The molecule has 0 fully saturated rings. The summed E-state index contributed by atoms with van der Waals surface area (Å²) in [5.74, 6) is -1.08. The van der Waals surface area contributed by atoms with Crippen molar-refractivity contribution in [1.82, 2.24) is 9.55 Å². The fraction of sp³-hybridized carbons (Fsp3) is 0.130. The van der Waals surface area contributed by atoms with Crippen molar-refractivity contribution in [2.24, 2.45) is 0 Å². The molecule has 0 saturated carbocycles. The van der Waals surface area contributed by atoms with Gasteiger partial charge >= 0.3 is 5.97 Å². The molecule has 2 aromatic heterocycles. The van der Waals surface area contributed by atoms with Gasteiger partial charge in [-0.15, -0.1) is 11.3 Å². The maximum Gasteiger partial charge on any atom is 0.331 e. The Bertz CT molecular complexity index is 1380. The lowest BCUT2D eigenvalue weighted by Crippen LogP contribution is -2.30. The Hall–Kier alpha value is -3.98. The molecule has 9 heteroatoms. The predicted molar refractivity (Wildman–Crippen MR) is 122 cm³/mol. The Morgan fingerprint density at radius 1 is 1.12 bits per heavy atom. The van der Waals surface area contributed by atoms with Gasteiger partial charge in [-0.3, -0.25) is 14.2 Å². The molecule has 162 valence electrons. The zero-order chi connectivity index (χ0) is 22.8. The number of amides is 1. The normalized spacial score (nSPS) is 11.8. The number of methoxy groups -OCH3 is 1. The highest BCUT2D eigenvalue weighted by molar-refractivity contribution is 7.20. The van der Waals surface area contributed by atoms with Crippen LogP contribution < -0.4 is 15.6 Å². The molecule has 2 heterocycles. The van der Waals surface area contributed by atoms with Crippen LogP contribution in [0, 0.1) is 6.92 Å². The SMILES string of the molecule is COc1ccccc1NC(=O)c1sc2ncn(C(C(=O)O)c3ccccc3)c(=O)c2c1C. The molecule has 32 heavy (non-hydrogen) atoms. The van der Waals surface area contributed by atoms with Crippen LogP contribution >= 0.6 is 11.3 Å². The number of carboxylic acids is 1. The minimum Gasteiger partial charge on any atom is -0.495 e. The number of ether oxygens (including phenoxy) is 1. The van der Waals surface area contributed by atoms with E-state index in [2.05, 4.69) is 10.3 Å². The quantitative estimate of drug-likeness (QED) is 0.464. The van der Waals surface area contributed by atoms with Crippen molar-refractivity contribution in [2.75, 3.05) is 12.4 Å². The number of aryl methyl sites for hydroxylation is 1. The maximum absolute atomic E-state index is 13.3. The molecule has 1 unspecified atom stereocenters. The molecule has 8 nitrogen and oxygen atoms in total. The molecule has 0 saturated heterocycles. The number of carbonyl (C=O) groups is 2. The molecule has 1 atom stereocenters. The molecule has 0 aliphatic carbocycles. The number of aliphatic carboxylic acids is 1. The summed E-state index contributed by atoms with van der Waals surface area (Å²) in [6.45, 7) is 1.65. The fourth-order valence-corrected chi connectivity index (χ4v) is 4.56. The van der Waals surface area contributed by atoms with E-state index in [0.29, 0.717) is 32.3 Å². The van der Waals surface area contributed by atoms with E-state index in [1.54, 1.807) is 61.5 Å². The molecular formula is C23H19N3O5S. The van der Waals surface area contributed by atoms with Gasteiger partial charge in [0.2, 0.25) is 0 Å². The third-order valence-electron chi connectivity index (χ3n) is 5.06. The van der Waals surface area contributed by atoms with Crippen LogP contribution in [0.1, 0.15) is 26.8 Å². The van der Waals surface area contributed by atoms with Gasteiger partial charge in [-0.05, 0) is 30.2 Å². The van der Waals surface area contributed by atoms with E-state index in [0.717, 1.165) is 15.9 Å². The number of rotatable bonds is 6. The van der Waals surface area contributed by atoms with Gasteiger partial charge in [-0.2, -0.15) is 0 Å². The number of carboxylic acid groups (broad SMARTS) is 1. The molecule has 1 amide bonds. The standard InChI is InChI=1S/C23H19N3O5S/c1-13-17-21(32-19(13)20(27)25-15-10-6-7-11-16(15)31-2)24-12-26(22(17)28)18(23(29)30)14-8-4-3-5-9-14/h3-12,18H,1-2H3,(H,25,27)(H,29,30). The minimum atomic E-state index is -1.23. The molecule has 0 aliphatic rings. The molecule has 0 aliphatic heterocycles. The summed E-state index contributed by atoms with van der Waals surface area (Å²) in [5, 5.41) is 12.8. The van der Waals surface area contributed by atoms with E-state index in [1.807, 2.05) is 0 Å². The van der Waals surface area contributed by atoms with Crippen molar-refractivity contribution in [2.45, 2.75) is 13.0 Å². The van der Waals surface area contributed by atoms with Gasteiger partial charge in [0, 0.05) is 0 Å². The highest BCUT2D eigenvalue weighted by Crippen LogP contribution is 2.30. The van der Waals surface area contributed by atoms with Crippen molar-refractivity contribution >= 4 is 39.1 Å². The molecule has 4 rings (SSSR count). The number of hydrogen-bond acceptors (Lipinski definition) is 6. The maximum atomic E-state index is 13.3. The van der Waals surface area contributed by atoms with Gasteiger partial charge in [0.1, 0.15) is 16.9 Å². The van der Waals surface area contributed by atoms with Gasteiger partial charge in [0.25, 0.3) is 11.5 Å². The third kappa shape index (κ3) is 3.74. The summed E-state index contributed by atoms with van der Waals surface area (Å²) in [5.41, 5.74) is 0.875. The monoisotopic (exact) mass is 449 g/mol. The van der Waals surface area contributed by atoms with Gasteiger partial charge in [-0.25, -0.2) is 9.78 Å². The summed E-state index contributed by atoms with van der Waals surface area (Å²) >= 11 is 1.08. The molecule has 2 N–H and O–H groups in total. The first-order chi connectivity index (χ1) is 15.4. The third-order valence-corrected chi connectivity index (χ3v) is 6.26. The summed E-state index contributed by atoms with van der Waals surface area (Å²) < 4.78 is 6.35. The van der Waals surface area contributed by atoms with Crippen LogP contribution in [0.25, 0.3) is 10.2 Å². The first-order valence-corrected chi connectivity index (χ1v) is 10.5. The Morgan fingerprint density at radius 3 is 2.50 bits per heavy atom. The molecule has 0 bridgehead atoms. The Balaban J connectivity index is 1.78. The van der Waals surface area contributed by atoms with E-state index in [1.165, 1.54) is 13.4 Å². The topological polar surface area (TPSA) is 111 Å². The molecule has 4 aromatic rings. The van der Waals surface area contributed by atoms with Crippen molar-refractivity contribution in [3.05, 3.63) is 87.3 Å². The number of para-hydroxylation sites is 2. The number of hydrogen-bond donors (Lipinski definition) is 2.